The van der Waals surface area contributed by atoms with Crippen LogP contribution in [0.1, 0.15) is 18.4 Å². The molecule has 38 heavy (non-hydrogen) atoms. The summed E-state index contributed by atoms with van der Waals surface area (Å²) in [6.45, 7) is 4.68. The molecule has 6 rings (SSSR count). The Morgan fingerprint density at radius 3 is 2.37 bits per heavy atom. The molecule has 200 valence electrons. The van der Waals surface area contributed by atoms with Crippen molar-refractivity contribution in [2.24, 2.45) is 5.92 Å². The van der Waals surface area contributed by atoms with Crippen LogP contribution in [-0.4, -0.2) is 94.7 Å². The Morgan fingerprint density at radius 1 is 0.921 bits per heavy atom. The molecule has 12 nitrogen and oxygen atoms in total. The Labute approximate surface area is 220 Å². The van der Waals surface area contributed by atoms with E-state index in [1.165, 1.54) is 15.3 Å². The fraction of sp³-hybridized carbons (Fsp3) is 0.440. The van der Waals surface area contributed by atoms with Crippen LogP contribution in [0.3, 0.4) is 0 Å². The van der Waals surface area contributed by atoms with E-state index < -0.39 is 10.0 Å². The Hall–Kier alpha value is -3.55. The van der Waals surface area contributed by atoms with Gasteiger partial charge in [-0.2, -0.15) is 4.31 Å². The van der Waals surface area contributed by atoms with Crippen molar-refractivity contribution in [2.75, 3.05) is 46.1 Å². The van der Waals surface area contributed by atoms with Crippen molar-refractivity contribution >= 4 is 15.9 Å². The van der Waals surface area contributed by atoms with Crippen LogP contribution in [0, 0.1) is 5.92 Å². The number of amides is 1. The number of fused-ring (bicyclic) bond motifs is 1. The number of benzene rings is 2. The van der Waals surface area contributed by atoms with Crippen LogP contribution in [-0.2, 0) is 21.4 Å². The van der Waals surface area contributed by atoms with Crippen molar-refractivity contribution in [1.82, 2.24) is 34.3 Å². The maximum absolute atomic E-state index is 13.2. The maximum atomic E-state index is 13.2. The fourth-order valence-electron chi connectivity index (χ4n) is 5.22. The molecule has 0 aliphatic carbocycles. The lowest BCUT2D eigenvalue weighted by Crippen LogP contribution is -2.51. The number of sulfonamides is 1. The minimum atomic E-state index is -3.64. The lowest BCUT2D eigenvalue weighted by atomic mass is 9.96. The molecule has 2 saturated heterocycles. The van der Waals surface area contributed by atoms with Crippen LogP contribution < -0.4 is 9.47 Å². The zero-order chi connectivity index (χ0) is 26.1. The van der Waals surface area contributed by atoms with Gasteiger partial charge in [-0.15, -0.1) is 5.10 Å². The quantitative estimate of drug-likeness (QED) is 0.454. The fourth-order valence-corrected chi connectivity index (χ4v) is 6.69. The highest BCUT2D eigenvalue weighted by Gasteiger charge is 2.34. The largest absolute Gasteiger partial charge is 0.454 e. The summed E-state index contributed by atoms with van der Waals surface area (Å²) < 4.78 is 40.1. The number of tetrazole rings is 1. The lowest BCUT2D eigenvalue weighted by Gasteiger charge is -2.38. The average molecular weight is 540 g/mol. The summed E-state index contributed by atoms with van der Waals surface area (Å²) in [5.41, 5.74) is 1.84. The average Bonchev–Trinajstić information content (AvgIpc) is 3.66. The maximum Gasteiger partial charge on any atom is 0.243 e. The van der Waals surface area contributed by atoms with E-state index in [0.717, 1.165) is 36.7 Å². The van der Waals surface area contributed by atoms with E-state index in [4.69, 9.17) is 9.47 Å². The Bertz CT molecular complexity index is 1380. The van der Waals surface area contributed by atoms with E-state index in [-0.39, 0.29) is 23.5 Å². The molecule has 0 spiro atoms. The molecule has 4 heterocycles. The Kier molecular flexibility index (Phi) is 6.72. The first-order chi connectivity index (χ1) is 18.5. The van der Waals surface area contributed by atoms with Gasteiger partial charge in [0.25, 0.3) is 0 Å². The number of nitrogens with zero attached hydrogens (tertiary/aromatic N) is 7. The van der Waals surface area contributed by atoms with Crippen molar-refractivity contribution in [3.63, 3.8) is 0 Å². The molecule has 0 bridgehead atoms. The summed E-state index contributed by atoms with van der Waals surface area (Å²) in [6.07, 6.45) is 2.50. The van der Waals surface area contributed by atoms with Gasteiger partial charge >= 0.3 is 0 Å². The van der Waals surface area contributed by atoms with E-state index in [1.54, 1.807) is 24.3 Å². The molecule has 0 N–H and O–H groups in total. The Balaban J connectivity index is 0.993. The minimum absolute atomic E-state index is 0.135. The predicted octanol–water partition coefficient (Wildman–Crippen LogP) is 1.14. The van der Waals surface area contributed by atoms with E-state index in [9.17, 15) is 13.2 Å². The van der Waals surface area contributed by atoms with E-state index in [2.05, 4.69) is 26.5 Å². The van der Waals surface area contributed by atoms with E-state index in [1.807, 2.05) is 17.0 Å². The standard InChI is InChI=1S/C25H29N7O5S/c33-25(30-13-11-29(12-14-30)16-19-1-6-23-24(15-19)37-18-36-23)20-7-9-31(10-8-20)38(34,35)22-4-2-21(3-5-22)32-17-26-27-28-32/h1-6,15,17,20H,7-14,16,18H2. The van der Waals surface area contributed by atoms with Gasteiger partial charge in [0.2, 0.25) is 22.7 Å². The smallest absolute Gasteiger partial charge is 0.243 e. The van der Waals surface area contributed by atoms with Crippen molar-refractivity contribution in [3.05, 3.63) is 54.4 Å². The number of rotatable bonds is 6. The third kappa shape index (κ3) is 4.96. The number of carbonyl (C=O) groups is 1. The second kappa shape index (κ2) is 10.3. The number of hydrogen-bond donors (Lipinski definition) is 0. The molecule has 2 fully saturated rings. The molecule has 3 aromatic rings. The zero-order valence-corrected chi connectivity index (χ0v) is 21.7. The first kappa shape index (κ1) is 24.8. The topological polar surface area (TPSA) is 123 Å². The van der Waals surface area contributed by atoms with Gasteiger partial charge in [0.05, 0.1) is 10.6 Å². The third-order valence-corrected chi connectivity index (χ3v) is 9.33. The lowest BCUT2D eigenvalue weighted by molar-refractivity contribution is -0.138. The van der Waals surface area contributed by atoms with Crippen LogP contribution in [0.15, 0.2) is 53.7 Å². The van der Waals surface area contributed by atoms with Crippen molar-refractivity contribution < 1.29 is 22.7 Å². The van der Waals surface area contributed by atoms with Gasteiger partial charge in [0.15, 0.2) is 11.5 Å². The third-order valence-electron chi connectivity index (χ3n) is 7.42. The van der Waals surface area contributed by atoms with Gasteiger partial charge in [0.1, 0.15) is 6.33 Å². The van der Waals surface area contributed by atoms with Crippen LogP contribution in [0.5, 0.6) is 11.5 Å². The van der Waals surface area contributed by atoms with Crippen molar-refractivity contribution in [3.8, 4) is 17.2 Å². The van der Waals surface area contributed by atoms with Gasteiger partial charge in [-0.25, -0.2) is 13.1 Å². The molecule has 0 atom stereocenters. The highest BCUT2D eigenvalue weighted by molar-refractivity contribution is 7.89. The number of aromatic nitrogens is 4. The SMILES string of the molecule is O=C(C1CCN(S(=O)(=O)c2ccc(-n3cnnn3)cc2)CC1)N1CCN(Cc2ccc3c(c2)OCO3)CC1. The second-order valence-electron chi connectivity index (χ2n) is 9.72. The van der Waals surface area contributed by atoms with Crippen molar-refractivity contribution in [1.29, 1.82) is 0 Å². The van der Waals surface area contributed by atoms with Gasteiger partial charge in [-0.3, -0.25) is 9.69 Å². The monoisotopic (exact) mass is 539 g/mol. The summed E-state index contributed by atoms with van der Waals surface area (Å²) in [7, 11) is -3.64. The van der Waals surface area contributed by atoms with Gasteiger partial charge in [-0.1, -0.05) is 6.07 Å². The normalized spacial score (nSPS) is 19.1. The highest BCUT2D eigenvalue weighted by atomic mass is 32.2. The molecule has 1 aromatic heterocycles. The molecular weight excluding hydrogens is 510 g/mol. The number of carbonyl (C=O) groups excluding carboxylic acids is 1. The van der Waals surface area contributed by atoms with E-state index >= 15 is 0 Å². The van der Waals surface area contributed by atoms with Crippen molar-refractivity contribution in [2.45, 2.75) is 24.3 Å². The molecule has 0 saturated carbocycles. The summed E-state index contributed by atoms with van der Waals surface area (Å²) in [5.74, 6) is 1.55. The Morgan fingerprint density at radius 2 is 1.66 bits per heavy atom. The molecule has 0 unspecified atom stereocenters. The molecule has 1 amide bonds. The van der Waals surface area contributed by atoms with Crippen LogP contribution in [0.4, 0.5) is 0 Å². The summed E-state index contributed by atoms with van der Waals surface area (Å²) in [5, 5.41) is 11.0. The highest BCUT2D eigenvalue weighted by Crippen LogP contribution is 2.33. The summed E-state index contributed by atoms with van der Waals surface area (Å²) >= 11 is 0. The molecular formula is C25H29N7O5S. The zero-order valence-electron chi connectivity index (χ0n) is 20.8. The van der Waals surface area contributed by atoms with Crippen LogP contribution >= 0.6 is 0 Å². The molecule has 2 aromatic carbocycles. The summed E-state index contributed by atoms with van der Waals surface area (Å²) in [6, 6.07) is 12.5. The number of piperidine rings is 1. The number of ether oxygens (including phenoxy) is 2. The van der Waals surface area contributed by atoms with Gasteiger partial charge in [-0.05, 0) is 65.2 Å². The molecule has 13 heteroatoms. The first-order valence-electron chi connectivity index (χ1n) is 12.7. The number of hydrogen-bond acceptors (Lipinski definition) is 9. The molecule has 3 aliphatic rings. The van der Waals surface area contributed by atoms with Crippen LogP contribution in [0.25, 0.3) is 5.69 Å². The summed E-state index contributed by atoms with van der Waals surface area (Å²) in [4.78, 5) is 17.7. The van der Waals surface area contributed by atoms with Gasteiger partial charge < -0.3 is 14.4 Å². The molecule has 0 radical (unpaired) electrons. The molecule has 3 aliphatic heterocycles. The first-order valence-corrected chi connectivity index (χ1v) is 14.1. The van der Waals surface area contributed by atoms with Gasteiger partial charge in [0, 0.05) is 51.7 Å². The minimum Gasteiger partial charge on any atom is -0.454 e. The number of piperazine rings is 1. The van der Waals surface area contributed by atoms with Crippen LogP contribution in [0.2, 0.25) is 0 Å². The second-order valence-corrected chi connectivity index (χ2v) is 11.7. The predicted molar refractivity (Wildman–Crippen MR) is 135 cm³/mol. The van der Waals surface area contributed by atoms with E-state index in [0.29, 0.717) is 44.7 Å².